The quantitative estimate of drug-likeness (QED) is 0.793. The lowest BCUT2D eigenvalue weighted by Crippen LogP contribution is -2.38. The minimum absolute atomic E-state index is 0. The number of rotatable bonds is 5. The summed E-state index contributed by atoms with van der Waals surface area (Å²) in [6, 6.07) is 4.66. The molecule has 1 heterocycles. The zero-order valence-electron chi connectivity index (χ0n) is 13.9. The molecular weight excluding hydrogens is 355 g/mol. The van der Waals surface area contributed by atoms with Gasteiger partial charge in [-0.15, -0.1) is 12.4 Å². The number of hydrogen-bond acceptors (Lipinski definition) is 4. The van der Waals surface area contributed by atoms with Crippen molar-refractivity contribution in [3.8, 4) is 0 Å². The Labute approximate surface area is 148 Å². The Morgan fingerprint density at radius 1 is 1.38 bits per heavy atom. The number of carbonyl (C=O) groups excluding carboxylic acids is 1. The second-order valence-corrected chi connectivity index (χ2v) is 8.70. The summed E-state index contributed by atoms with van der Waals surface area (Å²) in [5, 5.41) is 0. The maximum Gasteiger partial charge on any atom is 0.226 e. The van der Waals surface area contributed by atoms with E-state index < -0.39 is 21.6 Å². The molecule has 1 aromatic carbocycles. The molecule has 1 amide bonds. The van der Waals surface area contributed by atoms with Crippen LogP contribution in [0.3, 0.4) is 0 Å². The van der Waals surface area contributed by atoms with E-state index >= 15 is 0 Å². The molecule has 2 atom stereocenters. The van der Waals surface area contributed by atoms with Crippen LogP contribution < -0.4 is 5.73 Å². The second kappa shape index (κ2) is 7.80. The lowest BCUT2D eigenvalue weighted by molar-refractivity contribution is -0.133. The first-order valence-electron chi connectivity index (χ1n) is 7.64. The van der Waals surface area contributed by atoms with Crippen molar-refractivity contribution in [3.05, 3.63) is 30.1 Å². The molecule has 0 aromatic heterocycles. The summed E-state index contributed by atoms with van der Waals surface area (Å²) in [6.45, 7) is 5.30. The number of benzene rings is 1. The van der Waals surface area contributed by atoms with E-state index in [2.05, 4.69) is 0 Å². The lowest BCUT2D eigenvalue weighted by atomic mass is 9.90. The largest absolute Gasteiger partial charge is 0.342 e. The fourth-order valence-corrected chi connectivity index (χ4v) is 4.37. The van der Waals surface area contributed by atoms with Gasteiger partial charge in [0, 0.05) is 19.0 Å². The standard InChI is InChI=1S/C16H23FN2O3S.ClH/c1-12(15(20)19-8-7-16(2,10-18)11-19)9-23(21,22)14-5-3-13(17)4-6-14;/h3-6,12H,7-11,18H2,1-2H3;1H. The van der Waals surface area contributed by atoms with Crippen molar-refractivity contribution in [2.24, 2.45) is 17.1 Å². The van der Waals surface area contributed by atoms with E-state index in [0.29, 0.717) is 19.6 Å². The van der Waals surface area contributed by atoms with Gasteiger partial charge in [-0.3, -0.25) is 4.79 Å². The monoisotopic (exact) mass is 378 g/mol. The van der Waals surface area contributed by atoms with E-state index in [9.17, 15) is 17.6 Å². The number of likely N-dealkylation sites (tertiary alicyclic amines) is 1. The Kier molecular flexibility index (Phi) is 6.78. The van der Waals surface area contributed by atoms with E-state index in [1.807, 2.05) is 6.92 Å². The Morgan fingerprint density at radius 2 is 1.96 bits per heavy atom. The van der Waals surface area contributed by atoms with E-state index in [1.54, 1.807) is 11.8 Å². The van der Waals surface area contributed by atoms with Gasteiger partial charge in [0.1, 0.15) is 5.82 Å². The molecule has 0 bridgehead atoms. The Morgan fingerprint density at radius 3 is 2.46 bits per heavy atom. The van der Waals surface area contributed by atoms with Crippen LogP contribution >= 0.6 is 12.4 Å². The van der Waals surface area contributed by atoms with E-state index in [4.69, 9.17) is 5.73 Å². The number of amides is 1. The van der Waals surface area contributed by atoms with Gasteiger partial charge in [0.15, 0.2) is 9.84 Å². The fourth-order valence-electron chi connectivity index (χ4n) is 2.83. The van der Waals surface area contributed by atoms with Crippen LogP contribution in [0.15, 0.2) is 29.2 Å². The predicted octanol–water partition coefficient (Wildman–Crippen LogP) is 1.85. The highest BCUT2D eigenvalue weighted by Gasteiger charge is 2.37. The highest BCUT2D eigenvalue weighted by molar-refractivity contribution is 7.91. The number of halogens is 2. The Bertz CT molecular complexity index is 681. The van der Waals surface area contributed by atoms with Crippen LogP contribution in [0.2, 0.25) is 0 Å². The van der Waals surface area contributed by atoms with Crippen molar-refractivity contribution in [3.63, 3.8) is 0 Å². The third kappa shape index (κ3) is 4.68. The van der Waals surface area contributed by atoms with Crippen LogP contribution in [0.4, 0.5) is 4.39 Å². The molecule has 1 fully saturated rings. The van der Waals surface area contributed by atoms with Crippen LogP contribution in [-0.2, 0) is 14.6 Å². The maximum atomic E-state index is 12.9. The summed E-state index contributed by atoms with van der Waals surface area (Å²) >= 11 is 0. The van der Waals surface area contributed by atoms with Crippen molar-refractivity contribution in [1.82, 2.24) is 4.90 Å². The molecular formula is C16H24ClFN2O3S. The zero-order valence-corrected chi connectivity index (χ0v) is 15.5. The van der Waals surface area contributed by atoms with Gasteiger partial charge in [-0.2, -0.15) is 0 Å². The van der Waals surface area contributed by atoms with Gasteiger partial charge in [0.05, 0.1) is 10.6 Å². The smallest absolute Gasteiger partial charge is 0.226 e. The van der Waals surface area contributed by atoms with Crippen molar-refractivity contribution in [2.75, 3.05) is 25.4 Å². The number of nitrogens with two attached hydrogens (primary N) is 1. The fraction of sp³-hybridized carbons (Fsp3) is 0.562. The van der Waals surface area contributed by atoms with Gasteiger partial charge >= 0.3 is 0 Å². The highest BCUT2D eigenvalue weighted by Crippen LogP contribution is 2.29. The van der Waals surface area contributed by atoms with Crippen LogP contribution in [0.5, 0.6) is 0 Å². The summed E-state index contributed by atoms with van der Waals surface area (Å²) < 4.78 is 37.6. The molecule has 2 N–H and O–H groups in total. The van der Waals surface area contributed by atoms with Gasteiger partial charge < -0.3 is 10.6 Å². The van der Waals surface area contributed by atoms with E-state index in [-0.39, 0.29) is 34.4 Å². The van der Waals surface area contributed by atoms with Crippen molar-refractivity contribution < 1.29 is 17.6 Å². The Balaban J connectivity index is 0.00000288. The van der Waals surface area contributed by atoms with Crippen LogP contribution in [0.25, 0.3) is 0 Å². The summed E-state index contributed by atoms with van der Waals surface area (Å²) in [6.07, 6.45) is 0.826. The van der Waals surface area contributed by atoms with Gasteiger partial charge in [-0.1, -0.05) is 13.8 Å². The maximum absolute atomic E-state index is 12.9. The van der Waals surface area contributed by atoms with Gasteiger partial charge in [-0.25, -0.2) is 12.8 Å². The molecule has 1 aromatic rings. The second-order valence-electron chi connectivity index (χ2n) is 6.66. The molecule has 0 aliphatic carbocycles. The normalized spacial score (nSPS) is 22.1. The third-order valence-corrected chi connectivity index (χ3v) is 6.36. The summed E-state index contributed by atoms with van der Waals surface area (Å²) in [4.78, 5) is 14.2. The molecule has 2 rings (SSSR count). The summed E-state index contributed by atoms with van der Waals surface area (Å²) in [5.74, 6) is -1.60. The third-order valence-electron chi connectivity index (χ3n) is 4.43. The topological polar surface area (TPSA) is 80.5 Å². The molecule has 0 spiro atoms. The molecule has 1 saturated heterocycles. The zero-order chi connectivity index (χ0) is 17.3. The van der Waals surface area contributed by atoms with Crippen LogP contribution in [0, 0.1) is 17.2 Å². The molecule has 8 heteroatoms. The number of nitrogens with zero attached hydrogens (tertiary/aromatic N) is 1. The van der Waals surface area contributed by atoms with Crippen LogP contribution in [-0.4, -0.2) is 44.6 Å². The molecule has 0 saturated carbocycles. The van der Waals surface area contributed by atoms with E-state index in [0.717, 1.165) is 18.6 Å². The number of carbonyl (C=O) groups is 1. The average molecular weight is 379 g/mol. The number of sulfone groups is 1. The molecule has 0 radical (unpaired) electrons. The van der Waals surface area contributed by atoms with Gasteiger partial charge in [-0.05, 0) is 42.6 Å². The van der Waals surface area contributed by atoms with E-state index in [1.165, 1.54) is 12.1 Å². The predicted molar refractivity (Wildman–Crippen MR) is 93.2 cm³/mol. The SMILES string of the molecule is CC(CS(=O)(=O)c1ccc(F)cc1)C(=O)N1CCC(C)(CN)C1.Cl. The summed E-state index contributed by atoms with van der Waals surface area (Å²) in [7, 11) is -3.62. The molecule has 1 aliphatic heterocycles. The highest BCUT2D eigenvalue weighted by atomic mass is 35.5. The summed E-state index contributed by atoms with van der Waals surface area (Å²) in [5.41, 5.74) is 5.64. The number of hydrogen-bond donors (Lipinski definition) is 1. The van der Waals surface area contributed by atoms with Gasteiger partial charge in [0.2, 0.25) is 5.91 Å². The molecule has 5 nitrogen and oxygen atoms in total. The molecule has 136 valence electrons. The van der Waals surface area contributed by atoms with Crippen molar-refractivity contribution in [2.45, 2.75) is 25.2 Å². The lowest BCUT2D eigenvalue weighted by Gasteiger charge is -2.24. The van der Waals surface area contributed by atoms with Crippen LogP contribution in [0.1, 0.15) is 20.3 Å². The Hall–Kier alpha value is -1.18. The van der Waals surface area contributed by atoms with Gasteiger partial charge in [0.25, 0.3) is 0 Å². The first-order chi connectivity index (χ1) is 10.7. The molecule has 2 unspecified atom stereocenters. The van der Waals surface area contributed by atoms with Crippen molar-refractivity contribution in [1.29, 1.82) is 0 Å². The molecule has 1 aliphatic rings. The minimum atomic E-state index is -3.62. The first kappa shape index (κ1) is 20.9. The average Bonchev–Trinajstić information content (AvgIpc) is 2.89. The minimum Gasteiger partial charge on any atom is -0.342 e. The first-order valence-corrected chi connectivity index (χ1v) is 9.29. The van der Waals surface area contributed by atoms with Crippen molar-refractivity contribution >= 4 is 28.2 Å². The molecule has 24 heavy (non-hydrogen) atoms.